The van der Waals surface area contributed by atoms with E-state index in [1.807, 2.05) is 6.92 Å². The summed E-state index contributed by atoms with van der Waals surface area (Å²) in [4.78, 5) is 0. The van der Waals surface area contributed by atoms with E-state index in [1.54, 1.807) is 0 Å². The third-order valence-electron chi connectivity index (χ3n) is 0.716. The second-order valence-electron chi connectivity index (χ2n) is 1.62. The molecular formula is C4H10BrNO2S. The average Bonchev–Trinajstić information content (AvgIpc) is 1.84. The highest BCUT2D eigenvalue weighted by Crippen LogP contribution is 1.89. The molecule has 0 aliphatic rings. The maximum absolute atomic E-state index is 10.6. The van der Waals surface area contributed by atoms with Gasteiger partial charge in [0.25, 0.3) is 0 Å². The van der Waals surface area contributed by atoms with Crippen molar-refractivity contribution >= 4 is 26.0 Å². The highest BCUT2D eigenvalue weighted by Gasteiger charge is 2.03. The zero-order valence-corrected chi connectivity index (χ0v) is 7.63. The van der Waals surface area contributed by atoms with Crippen molar-refractivity contribution in [1.82, 2.24) is 4.72 Å². The van der Waals surface area contributed by atoms with Crippen molar-refractivity contribution in [2.75, 3.05) is 11.2 Å². The van der Waals surface area contributed by atoms with E-state index >= 15 is 0 Å². The van der Waals surface area contributed by atoms with Crippen LogP contribution in [0.2, 0.25) is 0 Å². The van der Waals surface area contributed by atoms with Gasteiger partial charge in [0.05, 0.1) is 0 Å². The van der Waals surface area contributed by atoms with Gasteiger partial charge in [-0.05, 0) is 6.42 Å². The van der Waals surface area contributed by atoms with Crippen LogP contribution in [-0.4, -0.2) is 19.6 Å². The molecule has 0 saturated heterocycles. The first kappa shape index (κ1) is 9.39. The molecule has 0 heterocycles. The summed E-state index contributed by atoms with van der Waals surface area (Å²) in [6.45, 7) is 2.44. The van der Waals surface area contributed by atoms with Crippen molar-refractivity contribution in [2.24, 2.45) is 0 Å². The minimum absolute atomic E-state index is 0.0139. The lowest BCUT2D eigenvalue weighted by Gasteiger charge is -1.98. The largest absolute Gasteiger partial charge is 0.221 e. The Morgan fingerprint density at radius 1 is 1.56 bits per heavy atom. The quantitative estimate of drug-likeness (QED) is 0.702. The maximum Gasteiger partial charge on any atom is 0.221 e. The normalized spacial score (nSPS) is 11.8. The van der Waals surface area contributed by atoms with Gasteiger partial charge < -0.3 is 0 Å². The number of nitrogens with one attached hydrogen (secondary N) is 1. The molecule has 0 aliphatic carbocycles. The Hall–Kier alpha value is 0.390. The van der Waals surface area contributed by atoms with Crippen LogP contribution in [0.15, 0.2) is 0 Å². The molecule has 0 atom stereocenters. The molecule has 0 rings (SSSR count). The second kappa shape index (κ2) is 4.24. The Balaban J connectivity index is 3.61. The van der Waals surface area contributed by atoms with Crippen LogP contribution < -0.4 is 4.72 Å². The van der Waals surface area contributed by atoms with Gasteiger partial charge in [0.1, 0.15) is 4.66 Å². The number of hydrogen-bond acceptors (Lipinski definition) is 2. The number of hydrogen-bond donors (Lipinski definition) is 1. The molecule has 3 nitrogen and oxygen atoms in total. The van der Waals surface area contributed by atoms with Crippen LogP contribution in [-0.2, 0) is 10.0 Å². The summed E-state index contributed by atoms with van der Waals surface area (Å²) in [6.07, 6.45) is 0.826. The van der Waals surface area contributed by atoms with Crippen LogP contribution in [0.4, 0.5) is 0 Å². The van der Waals surface area contributed by atoms with E-state index in [-0.39, 0.29) is 4.66 Å². The van der Waals surface area contributed by atoms with E-state index in [4.69, 9.17) is 0 Å². The standard InChI is InChI=1S/C4H10BrNO2S/c1-2-3-6-9(7,8)4-5/h6H,2-4H2,1H3. The van der Waals surface area contributed by atoms with Crippen molar-refractivity contribution in [3.05, 3.63) is 0 Å². The molecule has 0 saturated carbocycles. The third-order valence-corrected chi connectivity index (χ3v) is 3.46. The van der Waals surface area contributed by atoms with Crippen LogP contribution in [0.1, 0.15) is 13.3 Å². The number of rotatable bonds is 4. The van der Waals surface area contributed by atoms with Crippen molar-refractivity contribution in [2.45, 2.75) is 13.3 Å². The predicted octanol–water partition coefficient (Wildman–Crippen LogP) is 0.668. The summed E-state index contributed by atoms with van der Waals surface area (Å²) in [5, 5.41) is 0. The van der Waals surface area contributed by atoms with Gasteiger partial charge in [-0.15, -0.1) is 0 Å². The van der Waals surface area contributed by atoms with Crippen LogP contribution in [0.25, 0.3) is 0 Å². The summed E-state index contributed by atoms with van der Waals surface area (Å²) in [7, 11) is -3.01. The Kier molecular flexibility index (Phi) is 4.43. The SMILES string of the molecule is CCCNS(=O)(=O)CBr. The first-order chi connectivity index (χ1) is 4.12. The van der Waals surface area contributed by atoms with Crippen LogP contribution in [0.5, 0.6) is 0 Å². The van der Waals surface area contributed by atoms with Gasteiger partial charge in [-0.3, -0.25) is 0 Å². The molecule has 0 aromatic heterocycles. The predicted molar refractivity (Wildman–Crippen MR) is 41.0 cm³/mol. The lowest BCUT2D eigenvalue weighted by atomic mass is 10.5. The molecule has 0 fully saturated rings. The molecule has 0 spiro atoms. The van der Waals surface area contributed by atoms with Gasteiger partial charge in [0.2, 0.25) is 10.0 Å². The van der Waals surface area contributed by atoms with Crippen LogP contribution in [0, 0.1) is 0 Å². The molecule has 0 amide bonds. The molecule has 0 radical (unpaired) electrons. The van der Waals surface area contributed by atoms with Crippen LogP contribution in [0.3, 0.4) is 0 Å². The molecule has 0 aromatic carbocycles. The molecule has 9 heavy (non-hydrogen) atoms. The topological polar surface area (TPSA) is 46.2 Å². The Morgan fingerprint density at radius 3 is 2.44 bits per heavy atom. The first-order valence-corrected chi connectivity index (χ1v) is 5.43. The van der Waals surface area contributed by atoms with Gasteiger partial charge in [-0.1, -0.05) is 22.9 Å². The summed E-state index contributed by atoms with van der Waals surface area (Å²) in [5.41, 5.74) is 0. The zero-order chi connectivity index (χ0) is 7.33. The average molecular weight is 216 g/mol. The lowest BCUT2D eigenvalue weighted by Crippen LogP contribution is -2.24. The van der Waals surface area contributed by atoms with Gasteiger partial charge in [0, 0.05) is 6.54 Å². The fourth-order valence-electron chi connectivity index (χ4n) is 0.296. The van der Waals surface area contributed by atoms with Crippen molar-refractivity contribution in [1.29, 1.82) is 0 Å². The fourth-order valence-corrected chi connectivity index (χ4v) is 1.37. The number of sulfonamides is 1. The minimum Gasteiger partial charge on any atom is -0.215 e. The highest BCUT2D eigenvalue weighted by molar-refractivity contribution is 9.10. The van der Waals surface area contributed by atoms with E-state index < -0.39 is 10.0 Å². The monoisotopic (exact) mass is 215 g/mol. The van der Waals surface area contributed by atoms with E-state index in [2.05, 4.69) is 20.7 Å². The van der Waals surface area contributed by atoms with Gasteiger partial charge in [-0.2, -0.15) is 0 Å². The molecule has 5 heteroatoms. The van der Waals surface area contributed by atoms with Gasteiger partial charge in [-0.25, -0.2) is 13.1 Å². The molecular weight excluding hydrogens is 206 g/mol. The molecule has 0 aliphatic heterocycles. The first-order valence-electron chi connectivity index (χ1n) is 2.65. The Bertz CT molecular complexity index is 154. The van der Waals surface area contributed by atoms with E-state index in [0.717, 1.165) is 6.42 Å². The summed E-state index contributed by atoms with van der Waals surface area (Å²) in [5.74, 6) is 0. The molecule has 0 unspecified atom stereocenters. The Morgan fingerprint density at radius 2 is 2.11 bits per heavy atom. The highest BCUT2D eigenvalue weighted by atomic mass is 79.9. The second-order valence-corrected chi connectivity index (χ2v) is 4.73. The lowest BCUT2D eigenvalue weighted by molar-refractivity contribution is 0.586. The smallest absolute Gasteiger partial charge is 0.215 e. The summed E-state index contributed by atoms with van der Waals surface area (Å²) in [6, 6.07) is 0. The van der Waals surface area contributed by atoms with Gasteiger partial charge in [0.15, 0.2) is 0 Å². The van der Waals surface area contributed by atoms with Gasteiger partial charge >= 0.3 is 0 Å². The molecule has 0 bridgehead atoms. The summed E-state index contributed by atoms with van der Waals surface area (Å²) < 4.78 is 23.6. The maximum atomic E-state index is 10.6. The van der Waals surface area contributed by atoms with Crippen molar-refractivity contribution < 1.29 is 8.42 Å². The minimum atomic E-state index is -3.01. The van der Waals surface area contributed by atoms with E-state index in [9.17, 15) is 8.42 Å². The molecule has 1 N–H and O–H groups in total. The van der Waals surface area contributed by atoms with E-state index in [0.29, 0.717) is 6.54 Å². The molecule has 56 valence electrons. The van der Waals surface area contributed by atoms with Crippen LogP contribution >= 0.6 is 15.9 Å². The van der Waals surface area contributed by atoms with Crippen molar-refractivity contribution in [3.8, 4) is 0 Å². The fraction of sp³-hybridized carbons (Fsp3) is 1.00. The number of halogens is 1. The molecule has 0 aromatic rings. The Labute approximate surface area is 64.0 Å². The van der Waals surface area contributed by atoms with Crippen molar-refractivity contribution in [3.63, 3.8) is 0 Å². The zero-order valence-electron chi connectivity index (χ0n) is 5.22. The number of alkyl halides is 1. The summed E-state index contributed by atoms with van der Waals surface area (Å²) >= 11 is 2.85. The van der Waals surface area contributed by atoms with E-state index in [1.165, 1.54) is 0 Å². The third kappa shape index (κ3) is 4.87.